The zero-order valence-electron chi connectivity index (χ0n) is 32.5. The molecule has 3 nitrogen and oxygen atoms in total. The fraction of sp³-hybridized carbons (Fsp3) is 0. The van der Waals surface area contributed by atoms with Crippen molar-refractivity contribution in [3.05, 3.63) is 194 Å². The number of hydrogen-bond donors (Lipinski definition) is 0. The lowest BCUT2D eigenvalue weighted by Crippen LogP contribution is -2.11. The molecule has 0 spiro atoms. The third kappa shape index (κ3) is 4.68. The van der Waals surface area contributed by atoms with E-state index < -0.39 is 0 Å². The zero-order chi connectivity index (χ0) is 38.4. The second-order valence-corrected chi connectivity index (χ2v) is 13.4. The molecule has 3 heteroatoms. The molecule has 2 aromatic heterocycles. The average Bonchev–Trinajstić information content (AvgIpc) is 3.81. The molecular formula is C50H32N2O. The zero-order valence-corrected chi connectivity index (χ0v) is 28.5. The van der Waals surface area contributed by atoms with E-state index in [2.05, 4.69) is 66.7 Å². The molecule has 0 saturated heterocycles. The van der Waals surface area contributed by atoms with Gasteiger partial charge in [0.15, 0.2) is 0 Å². The Labute approximate surface area is 311 Å². The van der Waals surface area contributed by atoms with E-state index in [-0.39, 0.29) is 35.5 Å². The van der Waals surface area contributed by atoms with Crippen LogP contribution < -0.4 is 4.90 Å². The summed E-state index contributed by atoms with van der Waals surface area (Å²) in [6, 6.07) is 56.3. The van der Waals surface area contributed by atoms with Crippen LogP contribution in [0.1, 0.15) is 5.48 Å². The molecule has 0 aliphatic rings. The molecule has 2 heterocycles. The minimum Gasteiger partial charge on any atom is -0.455 e. The maximum absolute atomic E-state index is 10.1. The highest BCUT2D eigenvalue weighted by molar-refractivity contribution is 6.19. The summed E-state index contributed by atoms with van der Waals surface area (Å²) in [5.74, 6) is 0. The van der Waals surface area contributed by atoms with Crippen molar-refractivity contribution in [3.8, 4) is 16.8 Å². The molecule has 0 N–H and O–H groups in total. The van der Waals surface area contributed by atoms with Crippen molar-refractivity contribution in [3.63, 3.8) is 0 Å². The molecule has 0 atom stereocenters. The van der Waals surface area contributed by atoms with Crippen LogP contribution in [0.15, 0.2) is 198 Å². The van der Waals surface area contributed by atoms with Crippen molar-refractivity contribution in [1.82, 2.24) is 4.57 Å². The van der Waals surface area contributed by atoms with Crippen molar-refractivity contribution in [1.29, 1.82) is 0 Å². The summed E-state index contributed by atoms with van der Waals surface area (Å²) in [6.07, 6.45) is 0. The molecule has 11 aromatic rings. The van der Waals surface area contributed by atoms with Crippen molar-refractivity contribution in [2.24, 2.45) is 0 Å². The summed E-state index contributed by atoms with van der Waals surface area (Å²) in [7, 11) is 0. The van der Waals surface area contributed by atoms with Crippen LogP contribution in [-0.2, 0) is 0 Å². The van der Waals surface area contributed by atoms with Crippen LogP contribution in [0, 0.1) is 0 Å². The van der Waals surface area contributed by atoms with Gasteiger partial charge in [-0.15, -0.1) is 0 Å². The van der Waals surface area contributed by atoms with E-state index in [9.17, 15) is 5.48 Å². The average molecular weight is 681 g/mol. The second-order valence-electron chi connectivity index (χ2n) is 13.4. The molecule has 0 aliphatic heterocycles. The molecule has 53 heavy (non-hydrogen) atoms. The number of furan rings is 1. The summed E-state index contributed by atoms with van der Waals surface area (Å²) in [6.45, 7) is 0. The van der Waals surface area contributed by atoms with Crippen molar-refractivity contribution in [2.75, 3.05) is 4.90 Å². The Morgan fingerprint density at radius 1 is 0.491 bits per heavy atom. The van der Waals surface area contributed by atoms with E-state index in [1.54, 1.807) is 0 Å². The Hall–Kier alpha value is -7.10. The lowest BCUT2D eigenvalue weighted by atomic mass is 10.00. The lowest BCUT2D eigenvalue weighted by Gasteiger charge is -2.27. The predicted octanol–water partition coefficient (Wildman–Crippen LogP) is 14.1. The monoisotopic (exact) mass is 680 g/mol. The molecule has 0 unspecified atom stereocenters. The van der Waals surface area contributed by atoms with Crippen LogP contribution in [0.4, 0.5) is 17.1 Å². The Morgan fingerprint density at radius 2 is 1.17 bits per heavy atom. The molecule has 248 valence electrons. The van der Waals surface area contributed by atoms with Gasteiger partial charge in [-0.2, -0.15) is 0 Å². The van der Waals surface area contributed by atoms with Crippen LogP contribution >= 0.6 is 0 Å². The van der Waals surface area contributed by atoms with E-state index >= 15 is 0 Å². The largest absolute Gasteiger partial charge is 0.455 e. The highest BCUT2D eigenvalue weighted by Gasteiger charge is 2.22. The van der Waals surface area contributed by atoms with Crippen LogP contribution in [0.2, 0.25) is 0 Å². The molecule has 0 bridgehead atoms. The molecule has 0 saturated carbocycles. The number of benzene rings is 9. The minimum absolute atomic E-state index is 0.0288. The molecule has 9 aromatic carbocycles. The van der Waals surface area contributed by atoms with E-state index in [0.717, 1.165) is 70.8 Å². The van der Waals surface area contributed by atoms with Crippen LogP contribution in [-0.4, -0.2) is 4.57 Å². The number of fused-ring (bicyclic) bond motifs is 9. The Morgan fingerprint density at radius 3 is 2.00 bits per heavy atom. The van der Waals surface area contributed by atoms with Gasteiger partial charge in [0.2, 0.25) is 0 Å². The van der Waals surface area contributed by atoms with Gasteiger partial charge in [-0.1, -0.05) is 127 Å². The Bertz CT molecular complexity index is 3380. The summed E-state index contributed by atoms with van der Waals surface area (Å²) in [4.78, 5) is 1.93. The van der Waals surface area contributed by atoms with Crippen LogP contribution in [0.25, 0.3) is 82.1 Å². The normalized spacial score (nSPS) is 12.8. The topological polar surface area (TPSA) is 21.3 Å². The molecule has 0 amide bonds. The minimum atomic E-state index is -0.260. The van der Waals surface area contributed by atoms with Crippen molar-refractivity contribution < 1.29 is 9.90 Å². The Balaban J connectivity index is 1.24. The predicted molar refractivity (Wildman–Crippen MR) is 223 cm³/mol. The first-order valence-corrected chi connectivity index (χ1v) is 17.8. The van der Waals surface area contributed by atoms with Crippen molar-refractivity contribution in [2.45, 2.75) is 0 Å². The van der Waals surface area contributed by atoms with Gasteiger partial charge < -0.3 is 13.9 Å². The number of hydrogen-bond acceptors (Lipinski definition) is 2. The van der Waals surface area contributed by atoms with E-state index in [4.69, 9.17) is 4.42 Å². The number of aromatic nitrogens is 1. The van der Waals surface area contributed by atoms with Gasteiger partial charge >= 0.3 is 0 Å². The maximum atomic E-state index is 10.1. The standard InChI is InChI=1S/C50H32N2O/c1-2-14-35-30-37(27-26-33(35)12-1)36-15-9-16-38(31-36)51(47-24-11-25-48-49(47)44-29-28-34-13-3-4-19-41(34)50(44)53-48)39-17-10-18-40(32-39)52-45-22-7-5-20-42(45)43-21-6-8-23-46(43)52/h1-32H/i10D,17D,18D,32D. The van der Waals surface area contributed by atoms with E-state index in [1.165, 1.54) is 0 Å². The SMILES string of the molecule is [2H]c1c([2H])c(N(c2cccc(-c3ccc4ccccc4c3)c2)c2cccc3oc4c5ccccc5ccc4c23)c([2H])c(-n2c3ccccc3c3ccccc32)c1[2H]. The molecule has 0 fully saturated rings. The van der Waals surface area contributed by atoms with Gasteiger partial charge in [0.05, 0.1) is 27.6 Å². The third-order valence-electron chi connectivity index (χ3n) is 10.4. The van der Waals surface area contributed by atoms with Gasteiger partial charge in [0, 0.05) is 38.6 Å². The fourth-order valence-corrected chi connectivity index (χ4v) is 8.01. The maximum Gasteiger partial charge on any atom is 0.143 e. The highest BCUT2D eigenvalue weighted by Crippen LogP contribution is 2.45. The van der Waals surface area contributed by atoms with Gasteiger partial charge in [0.25, 0.3) is 0 Å². The fourth-order valence-electron chi connectivity index (χ4n) is 8.01. The van der Waals surface area contributed by atoms with E-state index in [0.29, 0.717) is 17.0 Å². The lowest BCUT2D eigenvalue weighted by molar-refractivity contribution is 0.672. The number of nitrogens with zero attached hydrogens (tertiary/aromatic N) is 2. The van der Waals surface area contributed by atoms with Crippen LogP contribution in [0.3, 0.4) is 0 Å². The first-order chi connectivity index (χ1) is 28.0. The smallest absolute Gasteiger partial charge is 0.143 e. The number of para-hydroxylation sites is 2. The van der Waals surface area contributed by atoms with Crippen molar-refractivity contribution >= 4 is 82.4 Å². The summed E-state index contributed by atoms with van der Waals surface area (Å²) in [5.41, 5.74) is 6.90. The first kappa shape index (κ1) is 25.8. The molecule has 11 rings (SSSR count). The second kappa shape index (κ2) is 11.7. The van der Waals surface area contributed by atoms with Gasteiger partial charge in [-0.05, 0) is 93.9 Å². The molecule has 0 aliphatic carbocycles. The summed E-state index contributed by atoms with van der Waals surface area (Å²) in [5, 5.41) is 8.03. The number of rotatable bonds is 5. The first-order valence-electron chi connectivity index (χ1n) is 19.8. The van der Waals surface area contributed by atoms with Gasteiger partial charge in [-0.25, -0.2) is 0 Å². The quantitative estimate of drug-likeness (QED) is 0.180. The Kier molecular flexibility index (Phi) is 5.71. The van der Waals surface area contributed by atoms with Gasteiger partial charge in [0.1, 0.15) is 11.2 Å². The third-order valence-corrected chi connectivity index (χ3v) is 10.4. The van der Waals surface area contributed by atoms with E-state index in [1.807, 2.05) is 113 Å². The molecule has 0 radical (unpaired) electrons. The van der Waals surface area contributed by atoms with Crippen LogP contribution in [0.5, 0.6) is 0 Å². The highest BCUT2D eigenvalue weighted by atomic mass is 16.3. The molecular weight excluding hydrogens is 645 g/mol. The summed E-state index contributed by atoms with van der Waals surface area (Å²) >= 11 is 0. The van der Waals surface area contributed by atoms with Gasteiger partial charge in [-0.3, -0.25) is 0 Å². The number of anilines is 3. The summed E-state index contributed by atoms with van der Waals surface area (Å²) < 4.78 is 47.0.